The average molecular weight is 281 g/mol. The van der Waals surface area contributed by atoms with Crippen LogP contribution < -0.4 is 5.32 Å². The maximum absolute atomic E-state index is 12.6. The lowest BCUT2D eigenvalue weighted by Gasteiger charge is -2.35. The summed E-state index contributed by atoms with van der Waals surface area (Å²) in [6.45, 7) is 9.93. The van der Waals surface area contributed by atoms with Crippen molar-refractivity contribution in [1.29, 1.82) is 0 Å². The van der Waals surface area contributed by atoms with E-state index in [0.29, 0.717) is 17.7 Å². The Morgan fingerprint density at radius 3 is 2.50 bits per heavy atom. The molecule has 2 saturated heterocycles. The van der Waals surface area contributed by atoms with Crippen LogP contribution in [-0.4, -0.2) is 61.5 Å². The van der Waals surface area contributed by atoms with Crippen molar-refractivity contribution in [2.75, 3.05) is 39.8 Å². The number of likely N-dealkylation sites (N-methyl/N-ethyl adjacent to an activating group) is 1. The van der Waals surface area contributed by atoms with E-state index in [4.69, 9.17) is 0 Å². The molecule has 2 unspecified atom stereocenters. The van der Waals surface area contributed by atoms with Crippen LogP contribution in [0.25, 0.3) is 0 Å². The summed E-state index contributed by atoms with van der Waals surface area (Å²) in [5, 5.41) is 3.23. The van der Waals surface area contributed by atoms with E-state index >= 15 is 0 Å². The van der Waals surface area contributed by atoms with Gasteiger partial charge in [-0.3, -0.25) is 4.79 Å². The van der Waals surface area contributed by atoms with Crippen LogP contribution in [0.5, 0.6) is 0 Å². The SMILES string of the molecule is CCN1CCC(CN2CCCC(C)C(NC)C2=O)CC1. The Bertz CT molecular complexity index is 313. The predicted molar refractivity (Wildman–Crippen MR) is 82.7 cm³/mol. The van der Waals surface area contributed by atoms with Gasteiger partial charge in [0.1, 0.15) is 0 Å². The largest absolute Gasteiger partial charge is 0.341 e. The van der Waals surface area contributed by atoms with Crippen LogP contribution >= 0.6 is 0 Å². The summed E-state index contributed by atoms with van der Waals surface area (Å²) in [5.41, 5.74) is 0. The normalized spacial score (nSPS) is 30.6. The number of carbonyl (C=O) groups is 1. The van der Waals surface area contributed by atoms with Crippen molar-refractivity contribution < 1.29 is 4.79 Å². The Morgan fingerprint density at radius 1 is 1.20 bits per heavy atom. The molecule has 0 aromatic carbocycles. The molecular formula is C16H31N3O. The predicted octanol–water partition coefficient (Wildman–Crippen LogP) is 1.56. The summed E-state index contributed by atoms with van der Waals surface area (Å²) in [5.74, 6) is 1.49. The van der Waals surface area contributed by atoms with Crippen LogP contribution in [0, 0.1) is 11.8 Å². The summed E-state index contributed by atoms with van der Waals surface area (Å²) in [6.07, 6.45) is 4.80. The van der Waals surface area contributed by atoms with Gasteiger partial charge in [0.05, 0.1) is 6.04 Å². The van der Waals surface area contributed by atoms with Crippen molar-refractivity contribution in [3.63, 3.8) is 0 Å². The molecule has 0 bridgehead atoms. The van der Waals surface area contributed by atoms with E-state index in [1.807, 2.05) is 7.05 Å². The molecule has 4 heteroatoms. The zero-order valence-corrected chi connectivity index (χ0v) is 13.4. The standard InChI is InChI=1S/C16H31N3O/c1-4-18-10-7-14(8-11-18)12-19-9-5-6-13(2)15(17-3)16(19)20/h13-15,17H,4-12H2,1-3H3. The maximum Gasteiger partial charge on any atom is 0.239 e. The van der Waals surface area contributed by atoms with Crippen LogP contribution in [0.2, 0.25) is 0 Å². The van der Waals surface area contributed by atoms with Crippen molar-refractivity contribution in [3.05, 3.63) is 0 Å². The smallest absolute Gasteiger partial charge is 0.239 e. The van der Waals surface area contributed by atoms with Gasteiger partial charge in [-0.2, -0.15) is 0 Å². The molecule has 2 atom stereocenters. The Kier molecular flexibility index (Phi) is 5.85. The van der Waals surface area contributed by atoms with Crippen LogP contribution in [-0.2, 0) is 4.79 Å². The molecule has 20 heavy (non-hydrogen) atoms. The van der Waals surface area contributed by atoms with Gasteiger partial charge in [-0.05, 0) is 64.2 Å². The zero-order chi connectivity index (χ0) is 14.5. The zero-order valence-electron chi connectivity index (χ0n) is 13.4. The molecule has 2 aliphatic rings. The van der Waals surface area contributed by atoms with Crippen LogP contribution in [0.1, 0.15) is 39.5 Å². The number of amides is 1. The van der Waals surface area contributed by atoms with Gasteiger partial charge in [-0.25, -0.2) is 0 Å². The summed E-state index contributed by atoms with van der Waals surface area (Å²) in [4.78, 5) is 17.3. The quantitative estimate of drug-likeness (QED) is 0.849. The second kappa shape index (κ2) is 7.41. The summed E-state index contributed by atoms with van der Waals surface area (Å²) >= 11 is 0. The first-order valence-electron chi connectivity index (χ1n) is 8.34. The van der Waals surface area contributed by atoms with Gasteiger partial charge in [-0.1, -0.05) is 13.8 Å². The van der Waals surface area contributed by atoms with Crippen molar-refractivity contribution in [2.45, 2.75) is 45.6 Å². The van der Waals surface area contributed by atoms with Gasteiger partial charge < -0.3 is 15.1 Å². The highest BCUT2D eigenvalue weighted by Crippen LogP contribution is 2.23. The fourth-order valence-electron chi connectivity index (χ4n) is 3.71. The monoisotopic (exact) mass is 281 g/mol. The van der Waals surface area contributed by atoms with Crippen molar-refractivity contribution in [1.82, 2.24) is 15.1 Å². The molecule has 2 fully saturated rings. The number of hydrogen-bond donors (Lipinski definition) is 1. The fraction of sp³-hybridized carbons (Fsp3) is 0.938. The highest BCUT2D eigenvalue weighted by Gasteiger charge is 2.32. The molecule has 2 heterocycles. The van der Waals surface area contributed by atoms with Crippen molar-refractivity contribution in [3.8, 4) is 0 Å². The first-order chi connectivity index (χ1) is 9.65. The first-order valence-corrected chi connectivity index (χ1v) is 8.34. The Morgan fingerprint density at radius 2 is 1.90 bits per heavy atom. The van der Waals surface area contributed by atoms with Gasteiger partial charge in [0.25, 0.3) is 0 Å². The Balaban J connectivity index is 1.89. The molecule has 0 spiro atoms. The molecule has 0 saturated carbocycles. The molecule has 0 radical (unpaired) electrons. The molecular weight excluding hydrogens is 250 g/mol. The van der Waals surface area contributed by atoms with E-state index in [1.165, 1.54) is 25.9 Å². The third-order valence-electron chi connectivity index (χ3n) is 5.18. The summed E-state index contributed by atoms with van der Waals surface area (Å²) < 4.78 is 0. The Labute approximate surface area is 123 Å². The molecule has 0 aromatic heterocycles. The van der Waals surface area contributed by atoms with Crippen molar-refractivity contribution in [2.24, 2.45) is 11.8 Å². The lowest BCUT2D eigenvalue weighted by Crippen LogP contribution is -2.49. The van der Waals surface area contributed by atoms with Gasteiger partial charge in [0, 0.05) is 13.1 Å². The minimum atomic E-state index is 0.0215. The van der Waals surface area contributed by atoms with Crippen LogP contribution in [0.15, 0.2) is 0 Å². The van der Waals surface area contributed by atoms with Gasteiger partial charge in [-0.15, -0.1) is 0 Å². The van der Waals surface area contributed by atoms with Crippen LogP contribution in [0.3, 0.4) is 0 Å². The van der Waals surface area contributed by atoms with Gasteiger partial charge in [0.2, 0.25) is 5.91 Å². The molecule has 116 valence electrons. The minimum Gasteiger partial charge on any atom is -0.341 e. The topological polar surface area (TPSA) is 35.6 Å². The maximum atomic E-state index is 12.6. The number of likely N-dealkylation sites (tertiary alicyclic amines) is 2. The second-order valence-corrected chi connectivity index (χ2v) is 6.55. The highest BCUT2D eigenvalue weighted by atomic mass is 16.2. The van der Waals surface area contributed by atoms with E-state index < -0.39 is 0 Å². The van der Waals surface area contributed by atoms with Crippen LogP contribution in [0.4, 0.5) is 0 Å². The summed E-state index contributed by atoms with van der Waals surface area (Å²) in [6, 6.07) is 0.0215. The molecule has 0 aliphatic carbocycles. The molecule has 2 rings (SSSR count). The molecule has 1 N–H and O–H groups in total. The highest BCUT2D eigenvalue weighted by molar-refractivity contribution is 5.82. The summed E-state index contributed by atoms with van der Waals surface area (Å²) in [7, 11) is 1.92. The van der Waals surface area contributed by atoms with E-state index in [2.05, 4.69) is 29.0 Å². The number of hydrogen-bond acceptors (Lipinski definition) is 3. The van der Waals surface area contributed by atoms with Gasteiger partial charge >= 0.3 is 0 Å². The molecule has 1 amide bonds. The van der Waals surface area contributed by atoms with E-state index in [0.717, 1.165) is 32.5 Å². The number of rotatable bonds is 4. The Hall–Kier alpha value is -0.610. The van der Waals surface area contributed by atoms with E-state index in [-0.39, 0.29) is 6.04 Å². The molecule has 4 nitrogen and oxygen atoms in total. The third kappa shape index (κ3) is 3.73. The first kappa shape index (κ1) is 15.8. The van der Waals surface area contributed by atoms with Crippen molar-refractivity contribution >= 4 is 5.91 Å². The minimum absolute atomic E-state index is 0.0215. The number of carbonyl (C=O) groups excluding carboxylic acids is 1. The van der Waals surface area contributed by atoms with E-state index in [9.17, 15) is 4.79 Å². The van der Waals surface area contributed by atoms with Gasteiger partial charge in [0.15, 0.2) is 0 Å². The number of nitrogens with one attached hydrogen (secondary N) is 1. The lowest BCUT2D eigenvalue weighted by molar-refractivity contribution is -0.134. The third-order valence-corrected chi connectivity index (χ3v) is 5.18. The lowest BCUT2D eigenvalue weighted by atomic mass is 9.95. The van der Waals surface area contributed by atoms with E-state index in [1.54, 1.807) is 0 Å². The number of nitrogens with zero attached hydrogens (tertiary/aromatic N) is 2. The molecule has 2 aliphatic heterocycles. The second-order valence-electron chi connectivity index (χ2n) is 6.55. The number of piperidine rings is 1. The fourth-order valence-corrected chi connectivity index (χ4v) is 3.71. The average Bonchev–Trinajstić information content (AvgIpc) is 2.59. The molecule has 0 aromatic rings.